The third-order valence-corrected chi connectivity index (χ3v) is 9.26. The Kier molecular flexibility index (Phi) is 17.0. The van der Waals surface area contributed by atoms with E-state index in [1.165, 1.54) is 11.8 Å². The fraction of sp³-hybridized carbons (Fsp3) is 0.853. The first-order valence-corrected chi connectivity index (χ1v) is 17.5. The molecule has 1 heterocycles. The van der Waals surface area contributed by atoms with Gasteiger partial charge in [-0.1, -0.05) is 72.6 Å². The summed E-state index contributed by atoms with van der Waals surface area (Å²) in [6.45, 7) is 10.8. The lowest BCUT2D eigenvalue weighted by atomic mass is 9.83. The van der Waals surface area contributed by atoms with Crippen LogP contribution in [-0.4, -0.2) is 96.1 Å². The summed E-state index contributed by atoms with van der Waals surface area (Å²) in [4.78, 5) is 69.0. The van der Waals surface area contributed by atoms with Crippen LogP contribution in [0.4, 0.5) is 0 Å². The zero-order valence-electron chi connectivity index (χ0n) is 29.2. The van der Waals surface area contributed by atoms with Crippen LogP contribution in [0.3, 0.4) is 0 Å². The summed E-state index contributed by atoms with van der Waals surface area (Å²) in [5, 5.41) is 21.2. The fourth-order valence-electron chi connectivity index (χ4n) is 6.44. The van der Waals surface area contributed by atoms with Crippen LogP contribution in [0.25, 0.3) is 0 Å². The van der Waals surface area contributed by atoms with E-state index in [9.17, 15) is 29.1 Å². The fourth-order valence-corrected chi connectivity index (χ4v) is 6.44. The minimum atomic E-state index is -1.25. The summed E-state index contributed by atoms with van der Waals surface area (Å²) in [5.74, 6) is -2.94. The number of aliphatic hydroxyl groups is 1. The van der Waals surface area contributed by atoms with E-state index in [2.05, 4.69) is 28.2 Å². The molecule has 7 atom stereocenters. The van der Waals surface area contributed by atoms with Gasteiger partial charge in [0.25, 0.3) is 0 Å². The van der Waals surface area contributed by atoms with Gasteiger partial charge in [0.15, 0.2) is 0 Å². The molecule has 1 aliphatic heterocycles. The molecule has 264 valence electrons. The molecule has 1 saturated heterocycles. The molecule has 0 spiro atoms. The highest BCUT2D eigenvalue weighted by atomic mass is 16.5. The van der Waals surface area contributed by atoms with Crippen molar-refractivity contribution in [3.63, 3.8) is 0 Å². The summed E-state index contributed by atoms with van der Waals surface area (Å²) in [5.41, 5.74) is 0. The van der Waals surface area contributed by atoms with E-state index < -0.39 is 72.5 Å². The molecule has 0 radical (unpaired) electrons. The van der Waals surface area contributed by atoms with Crippen molar-refractivity contribution in [2.24, 2.45) is 17.8 Å². The number of hydrogen-bond acceptors (Lipinski definition) is 7. The second-order valence-electron chi connectivity index (χ2n) is 13.9. The molecule has 2 aliphatic rings. The third kappa shape index (κ3) is 12.5. The standard InChI is InChI=1S/C34H61N5O7/c1-8-9-10-14-17-27-23(5)34(45)39(7)26(18-21(2)3)31(42)38-30(25-15-12-11-13-16-25)32(43)35-19-28(41)37-29(24(6)40)33(44)36-22(4)20-46-27/h21-27,29-30,40H,8-20H2,1-7H3,(H,35,43)(H,36,44)(H,37,41)(H,38,42)/t22?,23?,24-,26?,27?,29?,30?/m0/s1. The maximum Gasteiger partial charge on any atom is 0.245 e. The Balaban J connectivity index is 2.47. The average molecular weight is 652 g/mol. The Labute approximate surface area is 275 Å². The van der Waals surface area contributed by atoms with Gasteiger partial charge >= 0.3 is 0 Å². The maximum atomic E-state index is 14.0. The highest BCUT2D eigenvalue weighted by Crippen LogP contribution is 2.27. The first-order chi connectivity index (χ1) is 21.8. The van der Waals surface area contributed by atoms with E-state index >= 15 is 0 Å². The number of ether oxygens (including phenoxy) is 1. The molecule has 0 aromatic carbocycles. The highest BCUT2D eigenvalue weighted by molar-refractivity contribution is 5.94. The Hall–Kier alpha value is -2.73. The third-order valence-electron chi connectivity index (χ3n) is 9.26. The molecule has 1 aliphatic carbocycles. The molecule has 12 heteroatoms. The number of unbranched alkanes of at least 4 members (excludes halogenated alkanes) is 3. The first-order valence-electron chi connectivity index (χ1n) is 17.5. The lowest BCUT2D eigenvalue weighted by Crippen LogP contribution is -2.59. The van der Waals surface area contributed by atoms with Crippen LogP contribution in [-0.2, 0) is 28.7 Å². The maximum absolute atomic E-state index is 14.0. The van der Waals surface area contributed by atoms with Crippen molar-refractivity contribution in [2.45, 2.75) is 149 Å². The zero-order chi connectivity index (χ0) is 34.4. The molecule has 0 bridgehead atoms. The monoisotopic (exact) mass is 651 g/mol. The molecule has 46 heavy (non-hydrogen) atoms. The van der Waals surface area contributed by atoms with Gasteiger partial charge in [-0.05, 0) is 51.4 Å². The van der Waals surface area contributed by atoms with Crippen LogP contribution in [0.2, 0.25) is 0 Å². The number of likely N-dealkylation sites (N-methyl/N-ethyl adjacent to an activating group) is 1. The van der Waals surface area contributed by atoms with Crippen molar-refractivity contribution in [3.8, 4) is 0 Å². The Morgan fingerprint density at radius 3 is 2.17 bits per heavy atom. The first kappa shape index (κ1) is 39.4. The minimum Gasteiger partial charge on any atom is -0.391 e. The lowest BCUT2D eigenvalue weighted by molar-refractivity contribution is -0.147. The molecule has 1 saturated carbocycles. The molecule has 0 aromatic heterocycles. The molecule has 5 N–H and O–H groups in total. The molecule has 6 unspecified atom stereocenters. The average Bonchev–Trinajstić information content (AvgIpc) is 3.02. The minimum absolute atomic E-state index is 0.0981. The van der Waals surface area contributed by atoms with Gasteiger partial charge in [-0.3, -0.25) is 24.0 Å². The van der Waals surface area contributed by atoms with Crippen molar-refractivity contribution >= 4 is 29.5 Å². The number of aliphatic hydroxyl groups excluding tert-OH is 1. The van der Waals surface area contributed by atoms with Crippen LogP contribution < -0.4 is 21.3 Å². The zero-order valence-corrected chi connectivity index (χ0v) is 29.2. The van der Waals surface area contributed by atoms with E-state index in [1.807, 2.05) is 20.8 Å². The van der Waals surface area contributed by atoms with Gasteiger partial charge in [0, 0.05) is 13.1 Å². The van der Waals surface area contributed by atoms with Crippen LogP contribution in [0, 0.1) is 17.8 Å². The number of carbonyl (C=O) groups is 5. The van der Waals surface area contributed by atoms with Gasteiger partial charge in [-0.2, -0.15) is 0 Å². The molecule has 12 nitrogen and oxygen atoms in total. The van der Waals surface area contributed by atoms with Crippen molar-refractivity contribution in [1.82, 2.24) is 26.2 Å². The number of hydrogen-bond donors (Lipinski definition) is 5. The second-order valence-corrected chi connectivity index (χ2v) is 13.9. The van der Waals surface area contributed by atoms with Crippen molar-refractivity contribution in [2.75, 3.05) is 20.2 Å². The van der Waals surface area contributed by atoms with E-state index in [4.69, 9.17) is 4.74 Å². The van der Waals surface area contributed by atoms with E-state index in [1.54, 1.807) is 14.0 Å². The number of amides is 5. The topological polar surface area (TPSA) is 166 Å². The predicted octanol–water partition coefficient (Wildman–Crippen LogP) is 2.42. The molecule has 2 rings (SSSR count). The van der Waals surface area contributed by atoms with Crippen molar-refractivity contribution in [1.29, 1.82) is 0 Å². The quantitative estimate of drug-likeness (QED) is 0.239. The van der Waals surface area contributed by atoms with Crippen LogP contribution >= 0.6 is 0 Å². The number of nitrogens with one attached hydrogen (secondary N) is 4. The SMILES string of the molecule is CCCCCCC1OCC(C)NC(=O)C([C@H](C)O)NC(=O)CNC(=O)C(C2CCCCC2)NC(=O)C(CC(C)C)N(C)C(=O)C1C. The second kappa shape index (κ2) is 19.8. The van der Waals surface area contributed by atoms with Gasteiger partial charge < -0.3 is 36.0 Å². The van der Waals surface area contributed by atoms with E-state index in [-0.39, 0.29) is 24.3 Å². The summed E-state index contributed by atoms with van der Waals surface area (Å²) in [7, 11) is 1.64. The highest BCUT2D eigenvalue weighted by Gasteiger charge is 2.38. The summed E-state index contributed by atoms with van der Waals surface area (Å²) >= 11 is 0. The van der Waals surface area contributed by atoms with Gasteiger partial charge in [0.1, 0.15) is 18.1 Å². The van der Waals surface area contributed by atoms with Crippen LogP contribution in [0.5, 0.6) is 0 Å². The molecular weight excluding hydrogens is 590 g/mol. The van der Waals surface area contributed by atoms with Gasteiger partial charge in [0.05, 0.1) is 31.3 Å². The predicted molar refractivity (Wildman–Crippen MR) is 176 cm³/mol. The number of carbonyl (C=O) groups excluding carboxylic acids is 5. The smallest absolute Gasteiger partial charge is 0.245 e. The van der Waals surface area contributed by atoms with Gasteiger partial charge in [-0.25, -0.2) is 0 Å². The Morgan fingerprint density at radius 2 is 1.57 bits per heavy atom. The summed E-state index contributed by atoms with van der Waals surface area (Å²) in [6.07, 6.45) is 7.82. The van der Waals surface area contributed by atoms with Crippen LogP contribution in [0.15, 0.2) is 0 Å². The Morgan fingerprint density at radius 1 is 0.891 bits per heavy atom. The number of rotatable bonds is 9. The molecule has 0 aromatic rings. The van der Waals surface area contributed by atoms with E-state index in [0.717, 1.165) is 57.8 Å². The largest absolute Gasteiger partial charge is 0.391 e. The summed E-state index contributed by atoms with van der Waals surface area (Å²) < 4.78 is 6.28. The van der Waals surface area contributed by atoms with E-state index in [0.29, 0.717) is 12.8 Å². The van der Waals surface area contributed by atoms with Crippen LogP contribution in [0.1, 0.15) is 112 Å². The van der Waals surface area contributed by atoms with Crippen molar-refractivity contribution in [3.05, 3.63) is 0 Å². The lowest BCUT2D eigenvalue weighted by Gasteiger charge is -2.35. The molecule has 5 amide bonds. The van der Waals surface area contributed by atoms with Crippen molar-refractivity contribution < 1.29 is 33.8 Å². The number of nitrogens with zero attached hydrogens (tertiary/aromatic N) is 1. The van der Waals surface area contributed by atoms with Gasteiger partial charge in [-0.15, -0.1) is 0 Å². The molecule has 2 fully saturated rings. The Bertz CT molecular complexity index is 1000. The summed E-state index contributed by atoms with van der Waals surface area (Å²) in [6, 6.07) is -3.42. The molecular formula is C34H61N5O7. The normalized spacial score (nSPS) is 29.6. The van der Waals surface area contributed by atoms with Gasteiger partial charge in [0.2, 0.25) is 29.5 Å².